The number of rotatable bonds is 6. The van der Waals surface area contributed by atoms with E-state index < -0.39 is 11.2 Å². The van der Waals surface area contributed by atoms with E-state index in [2.05, 4.69) is 4.98 Å². The van der Waals surface area contributed by atoms with Crippen molar-refractivity contribution in [2.24, 2.45) is 5.84 Å². The number of hydrazine groups is 1. The highest BCUT2D eigenvalue weighted by Gasteiger charge is 2.21. The quantitative estimate of drug-likeness (QED) is 0.374. The second-order valence-corrected chi connectivity index (χ2v) is 5.61. The summed E-state index contributed by atoms with van der Waals surface area (Å²) in [6.07, 6.45) is 5.76. The summed E-state index contributed by atoms with van der Waals surface area (Å²) in [4.78, 5) is 17.7. The monoisotopic (exact) mass is 340 g/mol. The molecule has 1 amide bonds. The molecule has 0 aliphatic rings. The van der Waals surface area contributed by atoms with Crippen LogP contribution in [0.2, 0.25) is 0 Å². The molecule has 0 saturated carbocycles. The van der Waals surface area contributed by atoms with Crippen LogP contribution in [0.4, 0.5) is 10.1 Å². The molecule has 0 spiro atoms. The van der Waals surface area contributed by atoms with Crippen molar-refractivity contribution >= 4 is 23.2 Å². The van der Waals surface area contributed by atoms with Crippen molar-refractivity contribution in [1.82, 2.24) is 9.88 Å². The summed E-state index contributed by atoms with van der Waals surface area (Å²) < 4.78 is 13.3. The fourth-order valence-corrected chi connectivity index (χ4v) is 2.10. The van der Waals surface area contributed by atoms with Gasteiger partial charge in [-0.15, -0.1) is 11.6 Å². The van der Waals surface area contributed by atoms with Gasteiger partial charge < -0.3 is 4.90 Å². The first-order valence-corrected chi connectivity index (χ1v) is 7.70. The summed E-state index contributed by atoms with van der Waals surface area (Å²) in [5, 5.41) is 0.738. The molecule has 23 heavy (non-hydrogen) atoms. The van der Waals surface area contributed by atoms with Crippen LogP contribution < -0.4 is 10.9 Å². The van der Waals surface area contributed by atoms with Crippen molar-refractivity contribution < 1.29 is 9.18 Å². The topological polar surface area (TPSA) is 62.5 Å². The molecule has 2 N–H and O–H groups in total. The molecule has 0 aliphatic heterocycles. The molecule has 5 nitrogen and oxygen atoms in total. The predicted molar refractivity (Wildman–Crippen MR) is 91.1 cm³/mol. The van der Waals surface area contributed by atoms with Crippen molar-refractivity contribution in [3.63, 3.8) is 0 Å². The fraction of sp³-hybridized carbons (Fsp3) is 0.375. The first kappa shape index (κ1) is 19.1. The number of halogens is 2. The first-order valence-electron chi connectivity index (χ1n) is 7.26. The highest BCUT2D eigenvalue weighted by molar-refractivity contribution is 6.22. The molecule has 1 rings (SSSR count). The average molecular weight is 341 g/mol. The van der Waals surface area contributed by atoms with Crippen LogP contribution in [0, 0.1) is 5.82 Å². The molecule has 1 heterocycles. The van der Waals surface area contributed by atoms with Crippen molar-refractivity contribution in [3.8, 4) is 0 Å². The van der Waals surface area contributed by atoms with E-state index in [-0.39, 0.29) is 5.91 Å². The zero-order chi connectivity index (χ0) is 17.6. The minimum absolute atomic E-state index is 0.153. The van der Waals surface area contributed by atoms with Crippen LogP contribution in [0.3, 0.4) is 0 Å². The van der Waals surface area contributed by atoms with Gasteiger partial charge in [-0.1, -0.05) is 6.08 Å². The molecular weight excluding hydrogens is 319 g/mol. The van der Waals surface area contributed by atoms with Gasteiger partial charge in [0.25, 0.3) is 5.91 Å². The zero-order valence-electron chi connectivity index (χ0n) is 13.8. The molecule has 1 unspecified atom stereocenters. The Morgan fingerprint density at radius 1 is 1.52 bits per heavy atom. The number of carbonyl (C=O) groups excluding carboxylic acids is 1. The highest BCUT2D eigenvalue weighted by atomic mass is 35.5. The van der Waals surface area contributed by atoms with Crippen molar-refractivity contribution in [3.05, 3.63) is 47.8 Å². The van der Waals surface area contributed by atoms with Crippen molar-refractivity contribution in [1.29, 1.82) is 0 Å². The lowest BCUT2D eigenvalue weighted by Gasteiger charge is -2.28. The largest absolute Gasteiger partial charge is 0.310 e. The van der Waals surface area contributed by atoms with Crippen molar-refractivity contribution in [2.45, 2.75) is 33.1 Å². The lowest BCUT2D eigenvalue weighted by molar-refractivity contribution is -0.125. The number of aromatic nitrogens is 1. The minimum Gasteiger partial charge on any atom is -0.310 e. The normalized spacial score (nSPS) is 13.7. The standard InChI is InChI=1S/C16H22ClFN4O/c1-5-11(3)16(23)21(6-2)15(12(4)17)10-22(19)14-7-13(18)8-20-9-14/h5,7-10,12H,6,19H2,1-4H3/b11-5-,15-10+. The second kappa shape index (κ2) is 8.64. The maximum absolute atomic E-state index is 13.3. The predicted octanol–water partition coefficient (Wildman–Crippen LogP) is 3.18. The van der Waals surface area contributed by atoms with Crippen molar-refractivity contribution in [2.75, 3.05) is 11.6 Å². The van der Waals surface area contributed by atoms with Crippen LogP contribution in [0.5, 0.6) is 0 Å². The summed E-state index contributed by atoms with van der Waals surface area (Å²) in [6.45, 7) is 7.55. The molecule has 1 atom stereocenters. The third-order valence-electron chi connectivity index (χ3n) is 3.31. The fourth-order valence-electron chi connectivity index (χ4n) is 1.93. The maximum Gasteiger partial charge on any atom is 0.253 e. The van der Waals surface area contributed by atoms with Crippen LogP contribution in [0.25, 0.3) is 0 Å². The van der Waals surface area contributed by atoms with E-state index in [0.29, 0.717) is 23.5 Å². The average Bonchev–Trinajstić information content (AvgIpc) is 2.53. The van der Waals surface area contributed by atoms with Crippen LogP contribution in [-0.2, 0) is 4.79 Å². The number of allylic oxidation sites excluding steroid dienone is 2. The van der Waals surface area contributed by atoms with Crippen LogP contribution in [-0.4, -0.2) is 27.7 Å². The molecule has 0 fully saturated rings. The van der Waals surface area contributed by atoms with E-state index in [0.717, 1.165) is 6.20 Å². The third kappa shape index (κ3) is 5.04. The SMILES string of the molecule is C/C=C(/C)C(=O)N(CC)/C(=C/N(N)c1cncc(F)c1)C(C)Cl. The maximum atomic E-state index is 13.3. The Morgan fingerprint density at radius 2 is 2.17 bits per heavy atom. The number of likely N-dealkylation sites (N-methyl/N-ethyl adjacent to an activating group) is 1. The Labute approximate surface area is 141 Å². The number of hydrogen-bond donors (Lipinski definition) is 1. The van der Waals surface area contributed by atoms with Crippen LogP contribution >= 0.6 is 11.6 Å². The molecule has 0 aromatic carbocycles. The summed E-state index contributed by atoms with van der Waals surface area (Å²) in [5.74, 6) is 5.29. The van der Waals surface area contributed by atoms with Crippen LogP contribution in [0.1, 0.15) is 27.7 Å². The Hall–Kier alpha value is -1.92. The molecule has 126 valence electrons. The molecule has 7 heteroatoms. The molecular formula is C16H22ClFN4O. The van der Waals surface area contributed by atoms with E-state index in [1.807, 2.05) is 6.92 Å². The molecule has 1 aromatic rings. The Bertz CT molecular complexity index is 616. The number of anilines is 1. The molecule has 0 saturated heterocycles. The number of nitrogens with zero attached hydrogens (tertiary/aromatic N) is 3. The molecule has 0 radical (unpaired) electrons. The highest BCUT2D eigenvalue weighted by Crippen LogP contribution is 2.20. The van der Waals surface area contributed by atoms with E-state index in [4.69, 9.17) is 17.4 Å². The zero-order valence-corrected chi connectivity index (χ0v) is 14.5. The van der Waals surface area contributed by atoms with E-state index >= 15 is 0 Å². The number of carbonyl (C=O) groups is 1. The third-order valence-corrected chi connectivity index (χ3v) is 3.53. The molecule has 0 aliphatic carbocycles. The molecule has 0 bridgehead atoms. The van der Waals surface area contributed by atoms with Gasteiger partial charge in [-0.2, -0.15) is 0 Å². The minimum atomic E-state index is -0.500. The van der Waals surface area contributed by atoms with Gasteiger partial charge in [-0.05, 0) is 27.7 Å². The number of amides is 1. The number of pyridine rings is 1. The van der Waals surface area contributed by atoms with Gasteiger partial charge in [0.2, 0.25) is 0 Å². The smallest absolute Gasteiger partial charge is 0.253 e. The number of nitrogens with two attached hydrogens (primary N) is 1. The molecule has 1 aromatic heterocycles. The van der Waals surface area contributed by atoms with Crippen LogP contribution in [0.15, 0.2) is 42.0 Å². The summed E-state index contributed by atoms with van der Waals surface area (Å²) in [7, 11) is 0. The van der Waals surface area contributed by atoms with E-state index in [1.54, 1.807) is 31.7 Å². The lowest BCUT2D eigenvalue weighted by Crippen LogP contribution is -2.36. The number of hydrogen-bond acceptors (Lipinski definition) is 4. The lowest BCUT2D eigenvalue weighted by atomic mass is 10.2. The van der Waals surface area contributed by atoms with Gasteiger partial charge in [0.1, 0.15) is 5.82 Å². The Morgan fingerprint density at radius 3 is 2.65 bits per heavy atom. The van der Waals surface area contributed by atoms with Gasteiger partial charge in [0.05, 0.1) is 29.2 Å². The Kier molecular flexibility index (Phi) is 7.19. The second-order valence-electron chi connectivity index (χ2n) is 4.96. The van der Waals surface area contributed by atoms with Gasteiger partial charge in [-0.3, -0.25) is 14.8 Å². The van der Waals surface area contributed by atoms with E-state index in [9.17, 15) is 9.18 Å². The van der Waals surface area contributed by atoms with Gasteiger partial charge in [0, 0.05) is 24.4 Å². The number of alkyl halides is 1. The summed E-state index contributed by atoms with van der Waals surface area (Å²) in [5.41, 5.74) is 1.48. The Balaban J connectivity index is 3.20. The first-order chi connectivity index (χ1) is 10.8. The van der Waals surface area contributed by atoms with E-state index in [1.165, 1.54) is 23.5 Å². The van der Waals surface area contributed by atoms with Gasteiger partial charge in [0.15, 0.2) is 0 Å². The van der Waals surface area contributed by atoms with Gasteiger partial charge >= 0.3 is 0 Å². The summed E-state index contributed by atoms with van der Waals surface area (Å²) in [6, 6.07) is 1.25. The summed E-state index contributed by atoms with van der Waals surface area (Å²) >= 11 is 6.22. The van der Waals surface area contributed by atoms with Gasteiger partial charge in [-0.25, -0.2) is 10.2 Å².